The summed E-state index contributed by atoms with van der Waals surface area (Å²) in [6, 6.07) is 3.78. The second-order valence-electron chi connectivity index (χ2n) is 4.16. The molecule has 0 saturated carbocycles. The minimum Gasteiger partial charge on any atom is -0.326 e. The van der Waals surface area contributed by atoms with Crippen molar-refractivity contribution in [2.75, 3.05) is 0 Å². The molecule has 1 aromatic heterocycles. The van der Waals surface area contributed by atoms with Crippen LogP contribution in [0.2, 0.25) is 0 Å². The molecule has 0 aliphatic rings. The van der Waals surface area contributed by atoms with Gasteiger partial charge in [-0.3, -0.25) is 0 Å². The Morgan fingerprint density at radius 1 is 1.26 bits per heavy atom. The predicted molar refractivity (Wildman–Crippen MR) is 63.7 cm³/mol. The molecule has 2 rings (SSSR count). The highest BCUT2D eigenvalue weighted by atomic mass is 19.4. The third-order valence-corrected chi connectivity index (χ3v) is 2.73. The number of hydrogen-bond acceptors (Lipinski definition) is 3. The predicted octanol–water partition coefficient (Wildman–Crippen LogP) is 2.36. The minimum atomic E-state index is -4.40. The summed E-state index contributed by atoms with van der Waals surface area (Å²) in [5.74, 6) is 1.17. The Balaban J connectivity index is 2.54. The molecular weight excluding hydrogens is 257 g/mol. The van der Waals surface area contributed by atoms with Crippen molar-refractivity contribution >= 4 is 0 Å². The van der Waals surface area contributed by atoms with Crippen LogP contribution in [0.25, 0.3) is 5.69 Å². The first-order valence-corrected chi connectivity index (χ1v) is 5.63. The summed E-state index contributed by atoms with van der Waals surface area (Å²) in [5.41, 5.74) is 5.24. The van der Waals surface area contributed by atoms with Gasteiger partial charge in [-0.2, -0.15) is 18.3 Å². The number of aromatic nitrogens is 3. The van der Waals surface area contributed by atoms with Gasteiger partial charge in [-0.05, 0) is 37.6 Å². The van der Waals surface area contributed by atoms with E-state index in [1.165, 1.54) is 16.8 Å². The van der Waals surface area contributed by atoms with Crippen molar-refractivity contribution in [1.82, 2.24) is 14.8 Å². The first-order valence-electron chi connectivity index (χ1n) is 5.63. The van der Waals surface area contributed by atoms with Crippen LogP contribution in [0.4, 0.5) is 13.2 Å². The fraction of sp³-hybridized carbons (Fsp3) is 0.333. The second-order valence-corrected chi connectivity index (χ2v) is 4.16. The first-order chi connectivity index (χ1) is 8.82. The molecule has 0 aliphatic heterocycles. The van der Waals surface area contributed by atoms with Crippen molar-refractivity contribution in [3.05, 3.63) is 41.0 Å². The Morgan fingerprint density at radius 2 is 1.95 bits per heavy atom. The Labute approximate surface area is 108 Å². The number of halogens is 3. The number of benzene rings is 1. The molecule has 0 saturated heterocycles. The zero-order valence-electron chi connectivity index (χ0n) is 10.5. The zero-order valence-corrected chi connectivity index (χ0v) is 10.5. The summed E-state index contributed by atoms with van der Waals surface area (Å²) < 4.78 is 39.8. The third-order valence-electron chi connectivity index (χ3n) is 2.73. The lowest BCUT2D eigenvalue weighted by Gasteiger charge is -2.13. The summed E-state index contributed by atoms with van der Waals surface area (Å²) >= 11 is 0. The highest BCUT2D eigenvalue weighted by Crippen LogP contribution is 2.32. The van der Waals surface area contributed by atoms with Gasteiger partial charge in [0, 0.05) is 6.54 Å². The molecule has 1 aromatic carbocycles. The van der Waals surface area contributed by atoms with E-state index in [9.17, 15) is 13.2 Å². The van der Waals surface area contributed by atoms with E-state index in [4.69, 9.17) is 5.73 Å². The molecule has 0 radical (unpaired) electrons. The van der Waals surface area contributed by atoms with Crippen LogP contribution in [0.5, 0.6) is 0 Å². The Hall–Kier alpha value is -1.89. The largest absolute Gasteiger partial charge is 0.416 e. The molecule has 4 nitrogen and oxygen atoms in total. The Kier molecular flexibility index (Phi) is 3.32. The van der Waals surface area contributed by atoms with Crippen LogP contribution in [-0.4, -0.2) is 14.8 Å². The van der Waals surface area contributed by atoms with E-state index in [2.05, 4.69) is 10.1 Å². The van der Waals surface area contributed by atoms with Crippen molar-refractivity contribution in [3.8, 4) is 5.69 Å². The molecule has 1 heterocycles. The normalized spacial score (nSPS) is 11.9. The fourth-order valence-corrected chi connectivity index (χ4v) is 1.92. The number of nitrogens with zero attached hydrogens (tertiary/aromatic N) is 3. The molecule has 0 unspecified atom stereocenters. The molecule has 0 spiro atoms. The zero-order chi connectivity index (χ0) is 14.2. The number of aryl methyl sites for hydroxylation is 2. The van der Waals surface area contributed by atoms with Crippen molar-refractivity contribution in [2.24, 2.45) is 5.73 Å². The fourth-order valence-electron chi connectivity index (χ4n) is 1.92. The van der Waals surface area contributed by atoms with Gasteiger partial charge in [0.15, 0.2) is 0 Å². The lowest BCUT2D eigenvalue weighted by Crippen LogP contribution is -2.13. The molecule has 2 aromatic rings. The quantitative estimate of drug-likeness (QED) is 0.911. The lowest BCUT2D eigenvalue weighted by atomic mass is 10.1. The van der Waals surface area contributed by atoms with Crippen molar-refractivity contribution in [3.63, 3.8) is 0 Å². The van der Waals surface area contributed by atoms with Crippen LogP contribution in [0.1, 0.15) is 22.8 Å². The van der Waals surface area contributed by atoms with Crippen LogP contribution in [0.15, 0.2) is 18.2 Å². The van der Waals surface area contributed by atoms with Gasteiger partial charge < -0.3 is 5.73 Å². The smallest absolute Gasteiger partial charge is 0.326 e. The van der Waals surface area contributed by atoms with Crippen LogP contribution in [0, 0.1) is 13.8 Å². The highest BCUT2D eigenvalue weighted by Gasteiger charge is 2.33. The van der Waals surface area contributed by atoms with Crippen LogP contribution < -0.4 is 5.73 Å². The molecule has 7 heteroatoms. The highest BCUT2D eigenvalue weighted by molar-refractivity contribution is 5.42. The summed E-state index contributed by atoms with van der Waals surface area (Å²) in [7, 11) is 0. The van der Waals surface area contributed by atoms with E-state index < -0.39 is 11.7 Å². The van der Waals surface area contributed by atoms with Crippen molar-refractivity contribution < 1.29 is 13.2 Å². The van der Waals surface area contributed by atoms with E-state index in [1.54, 1.807) is 13.8 Å². The molecule has 0 amide bonds. The Morgan fingerprint density at radius 3 is 2.42 bits per heavy atom. The lowest BCUT2D eigenvalue weighted by molar-refractivity contribution is -0.138. The van der Waals surface area contributed by atoms with E-state index >= 15 is 0 Å². The van der Waals surface area contributed by atoms with Crippen LogP contribution in [0.3, 0.4) is 0 Å². The number of nitrogens with two attached hydrogens (primary N) is 1. The molecule has 0 atom stereocenters. The summed E-state index contributed by atoms with van der Waals surface area (Å²) in [5, 5.41) is 4.13. The molecule has 0 bridgehead atoms. The third kappa shape index (κ3) is 2.60. The van der Waals surface area contributed by atoms with Gasteiger partial charge in [0.05, 0.1) is 11.3 Å². The maximum absolute atomic E-state index is 12.8. The van der Waals surface area contributed by atoms with Gasteiger partial charge in [-0.15, -0.1) is 0 Å². The SMILES string of the molecule is Cc1nc(C)n(-c2ccc(C(F)(F)F)c(CN)c2)n1. The molecule has 102 valence electrons. The van der Waals surface area contributed by atoms with Crippen LogP contribution >= 0.6 is 0 Å². The Bertz CT molecular complexity index is 602. The van der Waals surface area contributed by atoms with Crippen molar-refractivity contribution in [1.29, 1.82) is 0 Å². The summed E-state index contributed by atoms with van der Waals surface area (Å²) in [6.07, 6.45) is -4.40. The maximum atomic E-state index is 12.8. The van der Waals surface area contributed by atoms with Gasteiger partial charge in [-0.1, -0.05) is 0 Å². The summed E-state index contributed by atoms with van der Waals surface area (Å²) in [6.45, 7) is 3.27. The number of alkyl halides is 3. The first kappa shape index (κ1) is 13.5. The standard InChI is InChI=1S/C12H13F3N4/c1-7-17-8(2)19(18-7)10-3-4-11(12(13,14)15)9(5-10)6-16/h3-5H,6,16H2,1-2H3. The number of hydrogen-bond donors (Lipinski definition) is 1. The van der Waals surface area contributed by atoms with Gasteiger partial charge in [0.2, 0.25) is 0 Å². The topological polar surface area (TPSA) is 56.7 Å². The van der Waals surface area contributed by atoms with Crippen LogP contribution in [-0.2, 0) is 12.7 Å². The molecule has 0 fully saturated rings. The average molecular weight is 270 g/mol. The molecule has 2 N–H and O–H groups in total. The van der Waals surface area contributed by atoms with Gasteiger partial charge in [0.25, 0.3) is 0 Å². The minimum absolute atomic E-state index is 0.0394. The van der Waals surface area contributed by atoms with Gasteiger partial charge >= 0.3 is 6.18 Å². The van der Waals surface area contributed by atoms with E-state index in [-0.39, 0.29) is 12.1 Å². The summed E-state index contributed by atoms with van der Waals surface area (Å²) in [4.78, 5) is 4.11. The monoisotopic (exact) mass is 270 g/mol. The van der Waals surface area contributed by atoms with Gasteiger partial charge in [0.1, 0.15) is 11.6 Å². The van der Waals surface area contributed by atoms with E-state index in [0.29, 0.717) is 17.3 Å². The molecule has 19 heavy (non-hydrogen) atoms. The van der Waals surface area contributed by atoms with E-state index in [1.807, 2.05) is 0 Å². The van der Waals surface area contributed by atoms with Crippen molar-refractivity contribution in [2.45, 2.75) is 26.6 Å². The average Bonchev–Trinajstić information content (AvgIpc) is 2.66. The maximum Gasteiger partial charge on any atom is 0.416 e. The van der Waals surface area contributed by atoms with E-state index in [0.717, 1.165) is 6.07 Å². The van der Waals surface area contributed by atoms with Gasteiger partial charge in [-0.25, -0.2) is 9.67 Å². The molecule has 0 aliphatic carbocycles. The molecular formula is C12H13F3N4. The number of rotatable bonds is 2. The second kappa shape index (κ2) is 4.65.